The summed E-state index contributed by atoms with van der Waals surface area (Å²) in [6.45, 7) is 3.73. The van der Waals surface area contributed by atoms with E-state index >= 15 is 0 Å². The highest BCUT2D eigenvalue weighted by Gasteiger charge is 2.17. The number of hydrogen-bond acceptors (Lipinski definition) is 5. The van der Waals surface area contributed by atoms with Crippen LogP contribution in [0.2, 0.25) is 0 Å². The van der Waals surface area contributed by atoms with Crippen LogP contribution in [0.3, 0.4) is 0 Å². The molecule has 0 aliphatic heterocycles. The molecule has 1 aromatic carbocycles. The van der Waals surface area contributed by atoms with Crippen molar-refractivity contribution in [1.82, 2.24) is 4.98 Å². The lowest BCUT2D eigenvalue weighted by Gasteiger charge is -2.04. The number of nitrogens with one attached hydrogen (secondary N) is 2. The molecule has 6 nitrogen and oxygen atoms in total. The summed E-state index contributed by atoms with van der Waals surface area (Å²) in [5.41, 5.74) is 2.36. The highest BCUT2D eigenvalue weighted by molar-refractivity contribution is 7.92. The number of nitrogens with zero attached hydrogens (tertiary/aromatic N) is 1. The van der Waals surface area contributed by atoms with Crippen LogP contribution in [-0.2, 0) is 16.4 Å². The normalized spacial score (nSPS) is 11.2. The summed E-state index contributed by atoms with van der Waals surface area (Å²) in [6.07, 6.45) is 1.97. The number of benzene rings is 1. The third-order valence-corrected chi connectivity index (χ3v) is 4.66. The minimum absolute atomic E-state index is 0.187. The Labute approximate surface area is 133 Å². The van der Waals surface area contributed by atoms with Gasteiger partial charge in [-0.2, -0.15) is 0 Å². The molecule has 0 unspecified atom stereocenters. The molecule has 8 heteroatoms. The molecule has 0 aliphatic carbocycles. The molecule has 2 aromatic rings. The lowest BCUT2D eigenvalue weighted by atomic mass is 10.1. The van der Waals surface area contributed by atoms with Gasteiger partial charge in [-0.15, -0.1) is 0 Å². The zero-order valence-corrected chi connectivity index (χ0v) is 14.1. The fourth-order valence-corrected chi connectivity index (χ4v) is 3.52. The second-order valence-corrected chi connectivity index (χ2v) is 7.56. The molecule has 0 saturated heterocycles. The first kappa shape index (κ1) is 16.4. The third-order valence-electron chi connectivity index (χ3n) is 2.90. The maximum atomic E-state index is 12.3. The summed E-state index contributed by atoms with van der Waals surface area (Å²) in [5, 5.41) is 2.97. The molecule has 1 heterocycles. The van der Waals surface area contributed by atoms with E-state index < -0.39 is 10.0 Å². The smallest absolute Gasteiger partial charge is 0.267 e. The maximum absolute atomic E-state index is 12.3. The van der Waals surface area contributed by atoms with Gasteiger partial charge in [-0.05, 0) is 31.0 Å². The first-order valence-electron chi connectivity index (χ1n) is 6.64. The van der Waals surface area contributed by atoms with E-state index in [1.807, 2.05) is 24.3 Å². The van der Waals surface area contributed by atoms with Crippen LogP contribution in [0, 0.1) is 6.92 Å². The van der Waals surface area contributed by atoms with Gasteiger partial charge >= 0.3 is 0 Å². The predicted molar refractivity (Wildman–Crippen MR) is 89.1 cm³/mol. The van der Waals surface area contributed by atoms with E-state index in [1.54, 1.807) is 6.92 Å². The summed E-state index contributed by atoms with van der Waals surface area (Å²) in [7, 11) is -3.41. The number of rotatable bonds is 5. The van der Waals surface area contributed by atoms with Crippen molar-refractivity contribution in [1.29, 1.82) is 0 Å². The van der Waals surface area contributed by atoms with Crippen LogP contribution < -0.4 is 10.0 Å². The average molecular weight is 339 g/mol. The molecule has 2 rings (SSSR count). The van der Waals surface area contributed by atoms with Crippen molar-refractivity contribution in [2.45, 2.75) is 20.3 Å². The van der Waals surface area contributed by atoms with Crippen LogP contribution in [0.1, 0.15) is 27.9 Å². The van der Waals surface area contributed by atoms with E-state index in [0.29, 0.717) is 16.3 Å². The van der Waals surface area contributed by atoms with Crippen molar-refractivity contribution < 1.29 is 13.2 Å². The molecule has 0 fully saturated rings. The standard InChI is InChI=1S/C14H17N3O3S2/c1-4-10-5-7-11(8-6-10)16-13(18)12-9(2)15-14(21-12)17-22(3,19)20/h5-8H,4H2,1-3H3,(H,15,17)(H,16,18). The molecule has 0 aliphatic rings. The number of sulfonamides is 1. The Hall–Kier alpha value is -1.93. The van der Waals surface area contributed by atoms with Gasteiger partial charge in [0.25, 0.3) is 5.91 Å². The lowest BCUT2D eigenvalue weighted by molar-refractivity contribution is 0.103. The number of aromatic nitrogens is 1. The van der Waals surface area contributed by atoms with Gasteiger partial charge in [0.15, 0.2) is 5.13 Å². The molecular formula is C14H17N3O3S2. The minimum atomic E-state index is -3.41. The first-order valence-corrected chi connectivity index (χ1v) is 9.35. The molecule has 0 spiro atoms. The van der Waals surface area contributed by atoms with E-state index in [9.17, 15) is 13.2 Å². The van der Waals surface area contributed by atoms with Crippen molar-refractivity contribution in [2.24, 2.45) is 0 Å². The number of amides is 1. The molecule has 22 heavy (non-hydrogen) atoms. The Morgan fingerprint density at radius 3 is 2.45 bits per heavy atom. The van der Waals surface area contributed by atoms with Gasteiger partial charge in [0.05, 0.1) is 11.9 Å². The van der Waals surface area contributed by atoms with Crippen molar-refractivity contribution in [3.8, 4) is 0 Å². The summed E-state index contributed by atoms with van der Waals surface area (Å²) < 4.78 is 24.7. The van der Waals surface area contributed by atoms with Gasteiger partial charge in [0.2, 0.25) is 10.0 Å². The van der Waals surface area contributed by atoms with Crippen LogP contribution in [0.5, 0.6) is 0 Å². The van der Waals surface area contributed by atoms with Crippen LogP contribution in [-0.4, -0.2) is 25.6 Å². The van der Waals surface area contributed by atoms with E-state index in [-0.39, 0.29) is 11.0 Å². The van der Waals surface area contributed by atoms with Crippen molar-refractivity contribution in [2.75, 3.05) is 16.3 Å². The fraction of sp³-hybridized carbons (Fsp3) is 0.286. The Balaban J connectivity index is 2.15. The fourth-order valence-electron chi connectivity index (χ4n) is 1.82. The molecular weight excluding hydrogens is 322 g/mol. The van der Waals surface area contributed by atoms with Crippen molar-refractivity contribution in [3.05, 3.63) is 40.4 Å². The van der Waals surface area contributed by atoms with Crippen LogP contribution in [0.25, 0.3) is 0 Å². The van der Waals surface area contributed by atoms with Crippen molar-refractivity contribution in [3.63, 3.8) is 0 Å². The molecule has 0 atom stereocenters. The Morgan fingerprint density at radius 2 is 1.91 bits per heavy atom. The second-order valence-electron chi connectivity index (χ2n) is 4.81. The maximum Gasteiger partial charge on any atom is 0.267 e. The predicted octanol–water partition coefficient (Wildman–Crippen LogP) is 2.64. The van der Waals surface area contributed by atoms with Crippen LogP contribution in [0.4, 0.5) is 10.8 Å². The summed E-state index contributed by atoms with van der Waals surface area (Å²) >= 11 is 1.01. The summed E-state index contributed by atoms with van der Waals surface area (Å²) in [6, 6.07) is 7.57. The minimum Gasteiger partial charge on any atom is -0.321 e. The number of thiazole rings is 1. The molecule has 2 N–H and O–H groups in total. The molecule has 118 valence electrons. The summed E-state index contributed by atoms with van der Waals surface area (Å²) in [4.78, 5) is 16.7. The molecule has 0 bridgehead atoms. The number of carbonyl (C=O) groups is 1. The van der Waals surface area contributed by atoms with Gasteiger partial charge in [-0.1, -0.05) is 30.4 Å². The van der Waals surface area contributed by atoms with Gasteiger partial charge in [-0.25, -0.2) is 13.4 Å². The monoisotopic (exact) mass is 339 g/mol. The number of anilines is 2. The Morgan fingerprint density at radius 1 is 1.27 bits per heavy atom. The third kappa shape index (κ3) is 4.28. The molecule has 0 radical (unpaired) electrons. The van der Waals surface area contributed by atoms with E-state index in [2.05, 4.69) is 21.9 Å². The topological polar surface area (TPSA) is 88.2 Å². The molecule has 0 saturated carbocycles. The first-order chi connectivity index (χ1) is 10.3. The molecule has 1 aromatic heterocycles. The largest absolute Gasteiger partial charge is 0.321 e. The SMILES string of the molecule is CCc1ccc(NC(=O)c2sc(NS(C)(=O)=O)nc2C)cc1. The average Bonchev–Trinajstić information content (AvgIpc) is 2.78. The Bertz CT molecular complexity index is 780. The van der Waals surface area contributed by atoms with E-state index in [4.69, 9.17) is 0 Å². The molecule has 1 amide bonds. The Kier molecular flexibility index (Phi) is 4.82. The van der Waals surface area contributed by atoms with Gasteiger partial charge < -0.3 is 5.32 Å². The highest BCUT2D eigenvalue weighted by Crippen LogP contribution is 2.24. The van der Waals surface area contributed by atoms with Gasteiger partial charge in [0.1, 0.15) is 4.88 Å². The van der Waals surface area contributed by atoms with Crippen LogP contribution >= 0.6 is 11.3 Å². The van der Waals surface area contributed by atoms with E-state index in [1.165, 1.54) is 5.56 Å². The quantitative estimate of drug-likeness (QED) is 0.876. The van der Waals surface area contributed by atoms with Crippen LogP contribution in [0.15, 0.2) is 24.3 Å². The number of aryl methyl sites for hydroxylation is 2. The summed E-state index contributed by atoms with van der Waals surface area (Å²) in [5.74, 6) is -0.305. The van der Waals surface area contributed by atoms with Gasteiger partial charge in [-0.3, -0.25) is 9.52 Å². The highest BCUT2D eigenvalue weighted by atomic mass is 32.2. The van der Waals surface area contributed by atoms with Crippen molar-refractivity contribution >= 4 is 38.1 Å². The second kappa shape index (κ2) is 6.45. The van der Waals surface area contributed by atoms with Gasteiger partial charge in [0, 0.05) is 5.69 Å². The van der Waals surface area contributed by atoms with E-state index in [0.717, 1.165) is 24.0 Å². The lowest BCUT2D eigenvalue weighted by Crippen LogP contribution is -2.11. The number of hydrogen-bond donors (Lipinski definition) is 2. The zero-order valence-electron chi connectivity index (χ0n) is 12.5. The number of carbonyl (C=O) groups excluding carboxylic acids is 1. The zero-order chi connectivity index (χ0) is 16.3.